The zero-order valence-corrected chi connectivity index (χ0v) is 5.10. The third kappa shape index (κ3) is 6.25. The Kier molecular flexibility index (Phi) is 2.62. The highest BCUT2D eigenvalue weighted by Gasteiger charge is 2.19. The van der Waals surface area contributed by atoms with Crippen molar-refractivity contribution < 1.29 is 13.5 Å². The van der Waals surface area contributed by atoms with E-state index in [0.29, 0.717) is 0 Å². The van der Waals surface area contributed by atoms with Crippen molar-refractivity contribution in [3.05, 3.63) is 0 Å². The Morgan fingerprint density at radius 2 is 2.14 bits per heavy atom. The monoisotopic (exact) mass is 128 g/mol. The van der Waals surface area contributed by atoms with Crippen molar-refractivity contribution in [3.63, 3.8) is 0 Å². The van der Waals surface area contributed by atoms with Crippen molar-refractivity contribution in [2.75, 3.05) is 6.61 Å². The normalized spacial score (nSPS) is 12.0. The lowest BCUT2D eigenvalue weighted by Crippen LogP contribution is -2.09. The molecule has 0 aliphatic carbocycles. The Balaban J connectivity index is 3.15. The molecule has 0 saturated carbocycles. The van der Waals surface area contributed by atoms with Crippen molar-refractivity contribution in [2.24, 2.45) is 0 Å². The first-order valence-corrected chi connectivity index (χ1v) is 2.44. The van der Waals surface area contributed by atoms with E-state index in [1.165, 1.54) is 16.2 Å². The average Bonchev–Trinajstić information content (AvgIpc) is 1.30. The molecule has 0 N–H and O–H groups in total. The van der Waals surface area contributed by atoms with E-state index in [0.717, 1.165) is 0 Å². The minimum absolute atomic E-state index is 0.0382. The largest absolute Gasteiger partial charge is 0.366 e. The molecule has 7 heavy (non-hydrogen) atoms. The summed E-state index contributed by atoms with van der Waals surface area (Å²) in [5, 5.41) is 0. The second-order valence-corrected chi connectivity index (χ2v) is 1.67. The van der Waals surface area contributed by atoms with Gasteiger partial charge < -0.3 is 4.74 Å². The molecule has 1 atom stereocenters. The Morgan fingerprint density at radius 3 is 2.14 bits per heavy atom. The number of hydrogen-bond donors (Lipinski definition) is 0. The fourth-order valence-corrected chi connectivity index (χ4v) is 0.359. The van der Waals surface area contributed by atoms with Crippen molar-refractivity contribution in [2.45, 2.75) is 12.8 Å². The molecular formula is C3H7F2OP. The smallest absolute Gasteiger partial charge is 0.318 e. The molecule has 0 aromatic heterocycles. The van der Waals surface area contributed by atoms with Crippen molar-refractivity contribution >= 4 is 9.24 Å². The van der Waals surface area contributed by atoms with Gasteiger partial charge in [0, 0.05) is 0 Å². The van der Waals surface area contributed by atoms with Gasteiger partial charge in [-0.05, 0) is 16.2 Å². The van der Waals surface area contributed by atoms with Gasteiger partial charge in [0.15, 0.2) is 0 Å². The molecular weight excluding hydrogens is 121 g/mol. The molecule has 0 saturated heterocycles. The van der Waals surface area contributed by atoms with E-state index in [-0.39, 0.29) is 6.61 Å². The Labute approximate surface area is 43.2 Å². The summed E-state index contributed by atoms with van der Waals surface area (Å²) in [4.78, 5) is 0. The zero-order chi connectivity index (χ0) is 5.91. The van der Waals surface area contributed by atoms with E-state index in [2.05, 4.69) is 4.74 Å². The SMILES string of the molecule is CCOC(F)(F)P. The third-order valence-corrected chi connectivity index (χ3v) is 0.503. The van der Waals surface area contributed by atoms with Crippen LogP contribution in [0.1, 0.15) is 6.92 Å². The van der Waals surface area contributed by atoms with E-state index < -0.39 is 5.85 Å². The number of ether oxygens (including phenoxy) is 1. The van der Waals surface area contributed by atoms with E-state index in [1.807, 2.05) is 0 Å². The van der Waals surface area contributed by atoms with Gasteiger partial charge in [0.1, 0.15) is 0 Å². The number of alkyl halides is 2. The fraction of sp³-hybridized carbons (Fsp3) is 1.00. The van der Waals surface area contributed by atoms with Gasteiger partial charge in [0.2, 0.25) is 0 Å². The molecule has 0 spiro atoms. The van der Waals surface area contributed by atoms with Crippen LogP contribution in [0.25, 0.3) is 0 Å². The van der Waals surface area contributed by atoms with Crippen LogP contribution in [0, 0.1) is 0 Å². The molecule has 1 unspecified atom stereocenters. The molecule has 0 aromatic rings. The van der Waals surface area contributed by atoms with Crippen LogP contribution in [0.5, 0.6) is 0 Å². The summed E-state index contributed by atoms with van der Waals surface area (Å²) in [7, 11) is 1.28. The van der Waals surface area contributed by atoms with Crippen LogP contribution in [-0.2, 0) is 4.74 Å². The zero-order valence-electron chi connectivity index (χ0n) is 3.95. The van der Waals surface area contributed by atoms with Crippen LogP contribution in [0.4, 0.5) is 8.78 Å². The van der Waals surface area contributed by atoms with Gasteiger partial charge in [0.25, 0.3) is 0 Å². The van der Waals surface area contributed by atoms with Crippen LogP contribution in [0.2, 0.25) is 0 Å². The predicted molar refractivity (Wildman–Crippen MR) is 26.3 cm³/mol. The van der Waals surface area contributed by atoms with Crippen LogP contribution < -0.4 is 0 Å². The first kappa shape index (κ1) is 7.25. The van der Waals surface area contributed by atoms with Gasteiger partial charge in [0.05, 0.1) is 6.61 Å². The van der Waals surface area contributed by atoms with Gasteiger partial charge in [-0.3, -0.25) is 0 Å². The molecule has 44 valence electrons. The molecule has 1 nitrogen and oxygen atoms in total. The fourth-order valence-electron chi connectivity index (χ4n) is 0.192. The quantitative estimate of drug-likeness (QED) is 0.511. The first-order chi connectivity index (χ1) is 3.06. The van der Waals surface area contributed by atoms with Crippen molar-refractivity contribution in [1.29, 1.82) is 0 Å². The molecule has 0 heterocycles. The third-order valence-electron chi connectivity index (χ3n) is 0.337. The second kappa shape index (κ2) is 2.53. The van der Waals surface area contributed by atoms with Crippen molar-refractivity contribution in [3.8, 4) is 0 Å². The molecule has 4 heteroatoms. The molecule has 0 aliphatic rings. The maximum absolute atomic E-state index is 11.5. The minimum Gasteiger partial charge on any atom is -0.318 e. The average molecular weight is 128 g/mol. The summed E-state index contributed by atoms with van der Waals surface area (Å²) in [6.07, 6.45) is 0. The Hall–Kier alpha value is 0.250. The molecule has 0 fully saturated rings. The summed E-state index contributed by atoms with van der Waals surface area (Å²) in [5.41, 5.74) is 0. The van der Waals surface area contributed by atoms with Gasteiger partial charge in [-0.15, -0.1) is 0 Å². The van der Waals surface area contributed by atoms with E-state index in [1.54, 1.807) is 0 Å². The van der Waals surface area contributed by atoms with Crippen LogP contribution in [0.15, 0.2) is 0 Å². The van der Waals surface area contributed by atoms with Crippen LogP contribution in [-0.4, -0.2) is 12.5 Å². The Morgan fingerprint density at radius 1 is 1.71 bits per heavy atom. The maximum Gasteiger partial charge on any atom is 0.366 e. The van der Waals surface area contributed by atoms with Crippen molar-refractivity contribution in [1.82, 2.24) is 0 Å². The summed E-state index contributed by atoms with van der Waals surface area (Å²) in [6.45, 7) is 1.55. The highest BCUT2D eigenvalue weighted by Crippen LogP contribution is 2.22. The van der Waals surface area contributed by atoms with Gasteiger partial charge in [-0.2, -0.15) is 8.78 Å². The van der Waals surface area contributed by atoms with E-state index >= 15 is 0 Å². The lowest BCUT2D eigenvalue weighted by molar-refractivity contribution is -0.159. The lowest BCUT2D eigenvalue weighted by Gasteiger charge is -2.06. The summed E-state index contributed by atoms with van der Waals surface area (Å²) in [6, 6.07) is 0. The molecule has 0 aromatic carbocycles. The molecule has 0 amide bonds. The minimum atomic E-state index is -3.03. The highest BCUT2D eigenvalue weighted by atomic mass is 31.0. The number of halogens is 2. The lowest BCUT2D eigenvalue weighted by atomic mass is 10.9. The van der Waals surface area contributed by atoms with Crippen LogP contribution >= 0.6 is 9.24 Å². The molecule has 0 radical (unpaired) electrons. The second-order valence-electron chi connectivity index (χ2n) is 0.995. The van der Waals surface area contributed by atoms with Crippen LogP contribution in [0.3, 0.4) is 0 Å². The number of rotatable bonds is 2. The maximum atomic E-state index is 11.5. The predicted octanol–water partition coefficient (Wildman–Crippen LogP) is 1.45. The highest BCUT2D eigenvalue weighted by molar-refractivity contribution is 7.17. The summed E-state index contributed by atoms with van der Waals surface area (Å²) in [5.74, 6) is -3.03. The summed E-state index contributed by atoms with van der Waals surface area (Å²) >= 11 is 0. The summed E-state index contributed by atoms with van der Waals surface area (Å²) < 4.78 is 26.8. The number of hydrogen-bond acceptors (Lipinski definition) is 1. The molecule has 0 bridgehead atoms. The topological polar surface area (TPSA) is 9.23 Å². The molecule has 0 aliphatic heterocycles. The van der Waals surface area contributed by atoms with Gasteiger partial charge >= 0.3 is 5.85 Å². The Bertz CT molecular complexity index is 51.4. The first-order valence-electron chi connectivity index (χ1n) is 1.87. The van der Waals surface area contributed by atoms with Gasteiger partial charge in [-0.1, -0.05) is 0 Å². The van der Waals surface area contributed by atoms with E-state index in [4.69, 9.17) is 0 Å². The molecule has 0 rings (SSSR count). The standard InChI is InChI=1S/C3H7F2OP/c1-2-6-3(4,5)7/h2,7H2,1H3. The van der Waals surface area contributed by atoms with E-state index in [9.17, 15) is 8.78 Å². The van der Waals surface area contributed by atoms with Gasteiger partial charge in [-0.25, -0.2) is 0 Å².